The Labute approximate surface area is 71.2 Å². The normalized spacial score (nSPS) is 10.2. The van der Waals surface area contributed by atoms with Crippen LogP contribution in [0.4, 0.5) is 0 Å². The van der Waals surface area contributed by atoms with E-state index in [0.29, 0.717) is 0 Å². The molecule has 0 aliphatic carbocycles. The third-order valence-electron chi connectivity index (χ3n) is 1.63. The number of methoxy groups -OCH3 is 2. The second kappa shape index (κ2) is 3.90. The van der Waals surface area contributed by atoms with E-state index in [0.717, 1.165) is 0 Å². The number of rotatable bonds is 3. The van der Waals surface area contributed by atoms with Crippen LogP contribution in [0.5, 0.6) is 0 Å². The zero-order valence-corrected chi connectivity index (χ0v) is 7.42. The molecule has 4 nitrogen and oxygen atoms in total. The standard InChI is InChI=1S/C8H12O4/c1-5-8(2,6(9)11-3)7(10)12-4/h5H,1H2,2-4H3. The molecule has 0 amide bonds. The fourth-order valence-corrected chi connectivity index (χ4v) is 0.674. The van der Waals surface area contributed by atoms with Gasteiger partial charge in [-0.25, -0.2) is 0 Å². The molecule has 0 saturated heterocycles. The molecule has 0 spiro atoms. The van der Waals surface area contributed by atoms with E-state index in [-0.39, 0.29) is 0 Å². The number of hydrogen-bond donors (Lipinski definition) is 0. The van der Waals surface area contributed by atoms with E-state index in [4.69, 9.17) is 0 Å². The highest BCUT2D eigenvalue weighted by Gasteiger charge is 2.40. The molecule has 12 heavy (non-hydrogen) atoms. The Morgan fingerprint density at radius 3 is 1.75 bits per heavy atom. The van der Waals surface area contributed by atoms with Gasteiger partial charge in [0.15, 0.2) is 5.41 Å². The van der Waals surface area contributed by atoms with Gasteiger partial charge in [-0.2, -0.15) is 0 Å². The summed E-state index contributed by atoms with van der Waals surface area (Å²) in [6.45, 7) is 4.76. The lowest BCUT2D eigenvalue weighted by Crippen LogP contribution is -2.36. The largest absolute Gasteiger partial charge is 0.468 e. The minimum Gasteiger partial charge on any atom is -0.468 e. The molecule has 0 saturated carbocycles. The lowest BCUT2D eigenvalue weighted by Gasteiger charge is -2.18. The number of carbonyl (C=O) groups excluding carboxylic acids is 2. The third-order valence-corrected chi connectivity index (χ3v) is 1.63. The Morgan fingerprint density at radius 1 is 1.25 bits per heavy atom. The predicted octanol–water partition coefficient (Wildman–Crippen LogP) is 0.525. The van der Waals surface area contributed by atoms with Gasteiger partial charge in [-0.15, -0.1) is 6.58 Å². The summed E-state index contributed by atoms with van der Waals surface area (Å²) in [5.74, 6) is -1.35. The van der Waals surface area contributed by atoms with Crippen molar-refractivity contribution in [2.45, 2.75) is 6.92 Å². The topological polar surface area (TPSA) is 52.6 Å². The van der Waals surface area contributed by atoms with Crippen molar-refractivity contribution in [1.82, 2.24) is 0 Å². The fraction of sp³-hybridized carbons (Fsp3) is 0.500. The molecule has 0 rings (SSSR count). The maximum atomic E-state index is 11.1. The number of carbonyl (C=O) groups is 2. The van der Waals surface area contributed by atoms with Gasteiger partial charge in [0.1, 0.15) is 0 Å². The van der Waals surface area contributed by atoms with Gasteiger partial charge in [-0.3, -0.25) is 9.59 Å². The highest BCUT2D eigenvalue weighted by atomic mass is 16.5. The van der Waals surface area contributed by atoms with Crippen LogP contribution in [0.1, 0.15) is 6.92 Å². The molecule has 0 aliphatic heterocycles. The van der Waals surface area contributed by atoms with E-state index >= 15 is 0 Å². The summed E-state index contributed by atoms with van der Waals surface area (Å²) in [6, 6.07) is 0. The van der Waals surface area contributed by atoms with E-state index in [1.54, 1.807) is 0 Å². The third kappa shape index (κ3) is 1.64. The minimum absolute atomic E-state index is 0.677. The van der Waals surface area contributed by atoms with Crippen molar-refractivity contribution in [2.75, 3.05) is 14.2 Å². The second-order valence-corrected chi connectivity index (χ2v) is 2.39. The van der Waals surface area contributed by atoms with Gasteiger partial charge in [0.25, 0.3) is 0 Å². The minimum atomic E-state index is -1.40. The van der Waals surface area contributed by atoms with E-state index in [1.165, 1.54) is 27.2 Å². The zero-order chi connectivity index (χ0) is 9.78. The summed E-state index contributed by atoms with van der Waals surface area (Å²) in [5.41, 5.74) is -1.40. The van der Waals surface area contributed by atoms with Crippen LogP contribution in [-0.4, -0.2) is 26.2 Å². The molecule has 0 aromatic carbocycles. The van der Waals surface area contributed by atoms with Crippen molar-refractivity contribution in [3.8, 4) is 0 Å². The van der Waals surface area contributed by atoms with Crippen LogP contribution in [-0.2, 0) is 19.1 Å². The Hall–Kier alpha value is -1.32. The maximum absolute atomic E-state index is 11.1. The van der Waals surface area contributed by atoms with E-state index < -0.39 is 17.4 Å². The van der Waals surface area contributed by atoms with Crippen molar-refractivity contribution in [3.63, 3.8) is 0 Å². The van der Waals surface area contributed by atoms with Crippen LogP contribution >= 0.6 is 0 Å². The fourth-order valence-electron chi connectivity index (χ4n) is 0.674. The van der Waals surface area contributed by atoms with Gasteiger partial charge >= 0.3 is 11.9 Å². The molecule has 0 heterocycles. The summed E-state index contributed by atoms with van der Waals surface area (Å²) in [4.78, 5) is 22.1. The number of ether oxygens (including phenoxy) is 2. The Bertz CT molecular complexity index is 191. The monoisotopic (exact) mass is 172 g/mol. The molecule has 0 radical (unpaired) electrons. The van der Waals surface area contributed by atoms with Crippen molar-refractivity contribution >= 4 is 11.9 Å². The van der Waals surface area contributed by atoms with Crippen LogP contribution in [0.2, 0.25) is 0 Å². The predicted molar refractivity (Wildman–Crippen MR) is 42.3 cm³/mol. The highest BCUT2D eigenvalue weighted by Crippen LogP contribution is 2.21. The summed E-state index contributed by atoms with van der Waals surface area (Å²) < 4.78 is 8.84. The first-order valence-corrected chi connectivity index (χ1v) is 3.33. The first-order valence-electron chi connectivity index (χ1n) is 3.33. The molecule has 0 aliphatic rings. The molecule has 0 unspecified atom stereocenters. The highest BCUT2D eigenvalue weighted by molar-refractivity contribution is 6.01. The first kappa shape index (κ1) is 10.7. The van der Waals surface area contributed by atoms with Gasteiger partial charge in [0, 0.05) is 0 Å². The van der Waals surface area contributed by atoms with Gasteiger partial charge in [-0.1, -0.05) is 6.08 Å². The first-order chi connectivity index (χ1) is 5.52. The van der Waals surface area contributed by atoms with Crippen molar-refractivity contribution in [1.29, 1.82) is 0 Å². The van der Waals surface area contributed by atoms with Crippen LogP contribution in [0.25, 0.3) is 0 Å². The van der Waals surface area contributed by atoms with Crippen molar-refractivity contribution in [3.05, 3.63) is 12.7 Å². The lowest BCUT2D eigenvalue weighted by atomic mass is 9.91. The Balaban J connectivity index is 4.79. The summed E-state index contributed by atoms with van der Waals surface area (Å²) in [6.07, 6.45) is 1.20. The molecule has 68 valence electrons. The maximum Gasteiger partial charge on any atom is 0.326 e. The summed E-state index contributed by atoms with van der Waals surface area (Å²) in [5, 5.41) is 0. The SMILES string of the molecule is C=CC(C)(C(=O)OC)C(=O)OC. The molecular formula is C8H12O4. The average Bonchev–Trinajstić information content (AvgIpc) is 2.13. The number of hydrogen-bond acceptors (Lipinski definition) is 4. The van der Waals surface area contributed by atoms with E-state index in [1.807, 2.05) is 0 Å². The van der Waals surface area contributed by atoms with Crippen molar-refractivity contribution in [2.24, 2.45) is 5.41 Å². The quantitative estimate of drug-likeness (QED) is 0.354. The number of esters is 2. The molecule has 0 aromatic rings. The van der Waals surface area contributed by atoms with Crippen LogP contribution in [0.15, 0.2) is 12.7 Å². The van der Waals surface area contributed by atoms with Crippen molar-refractivity contribution < 1.29 is 19.1 Å². The van der Waals surface area contributed by atoms with Crippen LogP contribution < -0.4 is 0 Å². The van der Waals surface area contributed by atoms with E-state index in [2.05, 4.69) is 16.1 Å². The van der Waals surface area contributed by atoms with Crippen LogP contribution in [0.3, 0.4) is 0 Å². The van der Waals surface area contributed by atoms with E-state index in [9.17, 15) is 9.59 Å². The second-order valence-electron chi connectivity index (χ2n) is 2.39. The molecule has 0 fully saturated rings. The average molecular weight is 172 g/mol. The molecule has 0 aromatic heterocycles. The van der Waals surface area contributed by atoms with Gasteiger partial charge in [0.2, 0.25) is 0 Å². The molecular weight excluding hydrogens is 160 g/mol. The van der Waals surface area contributed by atoms with Gasteiger partial charge in [-0.05, 0) is 6.92 Å². The molecule has 0 atom stereocenters. The Kier molecular flexibility index (Phi) is 3.47. The molecule has 0 N–H and O–H groups in total. The van der Waals surface area contributed by atoms with Crippen LogP contribution in [0, 0.1) is 5.41 Å². The Morgan fingerprint density at radius 2 is 1.58 bits per heavy atom. The van der Waals surface area contributed by atoms with Gasteiger partial charge < -0.3 is 9.47 Å². The zero-order valence-electron chi connectivity index (χ0n) is 7.42. The molecule has 4 heteroatoms. The summed E-state index contributed by atoms with van der Waals surface area (Å²) >= 11 is 0. The molecule has 0 bridgehead atoms. The van der Waals surface area contributed by atoms with Gasteiger partial charge in [0.05, 0.1) is 14.2 Å². The summed E-state index contributed by atoms with van der Waals surface area (Å²) in [7, 11) is 2.40. The lowest BCUT2D eigenvalue weighted by molar-refractivity contribution is -0.163. The smallest absolute Gasteiger partial charge is 0.326 e.